The van der Waals surface area contributed by atoms with Crippen molar-refractivity contribution in [2.75, 3.05) is 0 Å². The molecule has 2 aromatic rings. The number of benzene rings is 2. The van der Waals surface area contributed by atoms with Gasteiger partial charge in [0.25, 0.3) is 0 Å². The highest BCUT2D eigenvalue weighted by atomic mass is 79.9. The number of carboxylic acids is 1. The molecule has 0 atom stereocenters. The third-order valence-corrected chi connectivity index (χ3v) is 4.66. The number of carboxylic acid groups (broad SMARTS) is 1. The van der Waals surface area contributed by atoms with Crippen molar-refractivity contribution in [1.29, 1.82) is 0 Å². The van der Waals surface area contributed by atoms with E-state index in [1.165, 1.54) is 23.9 Å². The largest absolute Gasteiger partial charge is 0.478 e. The van der Waals surface area contributed by atoms with Crippen LogP contribution in [-0.2, 0) is 5.75 Å². The number of aryl methyl sites for hydroxylation is 1. The van der Waals surface area contributed by atoms with Gasteiger partial charge in [-0.25, -0.2) is 9.18 Å². The second-order valence-corrected chi connectivity index (χ2v) is 6.21. The maximum absolute atomic E-state index is 13.2. The molecule has 0 amide bonds. The highest BCUT2D eigenvalue weighted by molar-refractivity contribution is 9.10. The minimum Gasteiger partial charge on any atom is -0.478 e. The van der Waals surface area contributed by atoms with Crippen molar-refractivity contribution >= 4 is 33.7 Å². The summed E-state index contributed by atoms with van der Waals surface area (Å²) in [7, 11) is 0. The Balaban J connectivity index is 2.17. The Bertz CT molecular complexity index is 658. The van der Waals surface area contributed by atoms with E-state index in [4.69, 9.17) is 5.11 Å². The number of hydrogen-bond acceptors (Lipinski definition) is 2. The number of halogens is 2. The number of hydrogen-bond donors (Lipinski definition) is 1. The van der Waals surface area contributed by atoms with Crippen LogP contribution in [0.5, 0.6) is 0 Å². The van der Waals surface area contributed by atoms with Gasteiger partial charge in [0.1, 0.15) is 5.82 Å². The summed E-state index contributed by atoms with van der Waals surface area (Å²) in [5, 5.41) is 9.09. The molecule has 0 fully saturated rings. The first-order valence-electron chi connectivity index (χ1n) is 5.88. The van der Waals surface area contributed by atoms with Gasteiger partial charge in [-0.2, -0.15) is 0 Å². The molecule has 0 heterocycles. The number of rotatable bonds is 4. The van der Waals surface area contributed by atoms with E-state index in [1.807, 2.05) is 6.07 Å². The van der Waals surface area contributed by atoms with E-state index in [2.05, 4.69) is 15.9 Å². The number of aromatic carboxylic acids is 1. The van der Waals surface area contributed by atoms with Crippen LogP contribution >= 0.6 is 27.7 Å². The molecular weight excluding hydrogens is 343 g/mol. The summed E-state index contributed by atoms with van der Waals surface area (Å²) in [6.07, 6.45) is 0. The van der Waals surface area contributed by atoms with Gasteiger partial charge in [0.2, 0.25) is 0 Å². The predicted molar refractivity (Wildman–Crippen MR) is 81.8 cm³/mol. The Morgan fingerprint density at radius 3 is 2.75 bits per heavy atom. The average molecular weight is 355 g/mol. The van der Waals surface area contributed by atoms with Gasteiger partial charge in [0.15, 0.2) is 0 Å². The molecule has 0 aliphatic carbocycles. The lowest BCUT2D eigenvalue weighted by atomic mass is 10.1. The molecule has 0 unspecified atom stereocenters. The Labute approximate surface area is 129 Å². The van der Waals surface area contributed by atoms with Crippen LogP contribution in [0.25, 0.3) is 0 Å². The van der Waals surface area contributed by atoms with Crippen LogP contribution < -0.4 is 0 Å². The van der Waals surface area contributed by atoms with Gasteiger partial charge in [0.05, 0.1) is 5.56 Å². The summed E-state index contributed by atoms with van der Waals surface area (Å²) in [5.74, 6) is -0.642. The molecule has 20 heavy (non-hydrogen) atoms. The fourth-order valence-electron chi connectivity index (χ4n) is 1.74. The molecule has 5 heteroatoms. The van der Waals surface area contributed by atoms with Crippen molar-refractivity contribution in [2.45, 2.75) is 17.6 Å². The Morgan fingerprint density at radius 1 is 1.30 bits per heavy atom. The molecule has 0 saturated heterocycles. The first-order valence-corrected chi connectivity index (χ1v) is 7.66. The van der Waals surface area contributed by atoms with Gasteiger partial charge < -0.3 is 5.11 Å². The van der Waals surface area contributed by atoms with Crippen LogP contribution in [0.1, 0.15) is 21.5 Å². The molecule has 2 rings (SSSR count). The van der Waals surface area contributed by atoms with Crippen molar-refractivity contribution < 1.29 is 14.3 Å². The van der Waals surface area contributed by atoms with Crippen LogP contribution in [0.4, 0.5) is 4.39 Å². The van der Waals surface area contributed by atoms with E-state index in [0.29, 0.717) is 11.3 Å². The van der Waals surface area contributed by atoms with E-state index in [1.54, 1.807) is 25.1 Å². The van der Waals surface area contributed by atoms with Gasteiger partial charge >= 0.3 is 5.97 Å². The first kappa shape index (κ1) is 15.1. The number of carbonyl (C=O) groups is 1. The van der Waals surface area contributed by atoms with Gasteiger partial charge in [-0.05, 0) is 48.4 Å². The van der Waals surface area contributed by atoms with Gasteiger partial charge in [-0.15, -0.1) is 11.8 Å². The SMILES string of the molecule is Cc1ccc(SCc2cc(F)ccc2Br)cc1C(=O)O. The molecule has 1 N–H and O–H groups in total. The van der Waals surface area contributed by atoms with Gasteiger partial charge in [0, 0.05) is 15.1 Å². The standard InChI is InChI=1S/C15H12BrFO2S/c1-9-2-4-12(7-13(9)15(18)19)20-8-10-6-11(17)3-5-14(10)16/h2-7H,8H2,1H3,(H,18,19). The smallest absolute Gasteiger partial charge is 0.335 e. The third kappa shape index (κ3) is 3.61. The van der Waals surface area contributed by atoms with E-state index >= 15 is 0 Å². The second kappa shape index (κ2) is 6.41. The Kier molecular flexibility index (Phi) is 4.83. The summed E-state index contributed by atoms with van der Waals surface area (Å²) < 4.78 is 14.0. The maximum Gasteiger partial charge on any atom is 0.335 e. The molecule has 2 nitrogen and oxygen atoms in total. The van der Waals surface area contributed by atoms with Crippen molar-refractivity contribution in [2.24, 2.45) is 0 Å². The van der Waals surface area contributed by atoms with Crippen LogP contribution in [0, 0.1) is 12.7 Å². The van der Waals surface area contributed by atoms with Crippen molar-refractivity contribution in [3.63, 3.8) is 0 Å². The Morgan fingerprint density at radius 2 is 2.05 bits per heavy atom. The zero-order valence-electron chi connectivity index (χ0n) is 10.7. The van der Waals surface area contributed by atoms with Crippen LogP contribution in [-0.4, -0.2) is 11.1 Å². The van der Waals surface area contributed by atoms with E-state index < -0.39 is 5.97 Å². The van der Waals surface area contributed by atoms with E-state index in [9.17, 15) is 9.18 Å². The molecule has 0 saturated carbocycles. The molecule has 0 radical (unpaired) electrons. The third-order valence-electron chi connectivity index (χ3n) is 2.84. The normalized spacial score (nSPS) is 10.6. The van der Waals surface area contributed by atoms with Crippen LogP contribution in [0.2, 0.25) is 0 Å². The maximum atomic E-state index is 13.2. The average Bonchev–Trinajstić information content (AvgIpc) is 2.41. The molecule has 0 aliphatic heterocycles. The molecule has 0 aromatic heterocycles. The highest BCUT2D eigenvalue weighted by Gasteiger charge is 2.09. The summed E-state index contributed by atoms with van der Waals surface area (Å²) in [6.45, 7) is 1.76. The van der Waals surface area contributed by atoms with Crippen molar-refractivity contribution in [3.8, 4) is 0 Å². The predicted octanol–water partition coefficient (Wildman–Crippen LogP) is 4.89. The fraction of sp³-hybridized carbons (Fsp3) is 0.133. The van der Waals surface area contributed by atoms with E-state index in [0.717, 1.165) is 20.5 Å². The zero-order valence-corrected chi connectivity index (χ0v) is 13.1. The number of thioether (sulfide) groups is 1. The molecule has 104 valence electrons. The van der Waals surface area contributed by atoms with Crippen molar-refractivity contribution in [3.05, 3.63) is 63.4 Å². The quantitative estimate of drug-likeness (QED) is 0.794. The van der Waals surface area contributed by atoms with Crippen LogP contribution in [0.15, 0.2) is 45.8 Å². The monoisotopic (exact) mass is 354 g/mol. The first-order chi connectivity index (χ1) is 9.47. The highest BCUT2D eigenvalue weighted by Crippen LogP contribution is 2.28. The van der Waals surface area contributed by atoms with Gasteiger partial charge in [-0.3, -0.25) is 0 Å². The van der Waals surface area contributed by atoms with Gasteiger partial charge in [-0.1, -0.05) is 22.0 Å². The summed E-state index contributed by atoms with van der Waals surface area (Å²) in [5.41, 5.74) is 1.87. The lowest BCUT2D eigenvalue weighted by Gasteiger charge is -2.07. The lowest BCUT2D eigenvalue weighted by Crippen LogP contribution is -1.99. The molecule has 0 aliphatic rings. The molecule has 2 aromatic carbocycles. The zero-order chi connectivity index (χ0) is 14.7. The van der Waals surface area contributed by atoms with Crippen molar-refractivity contribution in [1.82, 2.24) is 0 Å². The lowest BCUT2D eigenvalue weighted by molar-refractivity contribution is 0.0696. The summed E-state index contributed by atoms with van der Waals surface area (Å²) in [6, 6.07) is 9.85. The van der Waals surface area contributed by atoms with E-state index in [-0.39, 0.29) is 5.82 Å². The Hall–Kier alpha value is -1.33. The topological polar surface area (TPSA) is 37.3 Å². The second-order valence-electron chi connectivity index (χ2n) is 4.31. The minimum absolute atomic E-state index is 0.279. The summed E-state index contributed by atoms with van der Waals surface area (Å²) >= 11 is 4.86. The molecule has 0 spiro atoms. The minimum atomic E-state index is -0.933. The molecule has 0 bridgehead atoms. The van der Waals surface area contributed by atoms with Crippen LogP contribution in [0.3, 0.4) is 0 Å². The summed E-state index contributed by atoms with van der Waals surface area (Å²) in [4.78, 5) is 11.9. The fourth-order valence-corrected chi connectivity index (χ4v) is 3.24. The molecular formula is C15H12BrFO2S.